The van der Waals surface area contributed by atoms with E-state index >= 15 is 0 Å². The van der Waals surface area contributed by atoms with Crippen molar-refractivity contribution in [3.63, 3.8) is 0 Å². The minimum absolute atomic E-state index is 0.267. The van der Waals surface area contributed by atoms with Gasteiger partial charge in [-0.3, -0.25) is 0 Å². The van der Waals surface area contributed by atoms with Crippen LogP contribution in [0.25, 0.3) is 0 Å². The van der Waals surface area contributed by atoms with Gasteiger partial charge < -0.3 is 0 Å². The number of hydrogen-bond donors (Lipinski definition) is 0. The van der Waals surface area contributed by atoms with E-state index < -0.39 is 10.0 Å². The number of benzene rings is 2. The van der Waals surface area contributed by atoms with Crippen molar-refractivity contribution in [2.75, 3.05) is 6.54 Å². The molecule has 3 nitrogen and oxygen atoms in total. The molecule has 0 saturated carbocycles. The van der Waals surface area contributed by atoms with Gasteiger partial charge in [0.1, 0.15) is 0 Å². The van der Waals surface area contributed by atoms with Crippen molar-refractivity contribution < 1.29 is 8.42 Å². The van der Waals surface area contributed by atoms with E-state index in [-0.39, 0.29) is 6.04 Å². The van der Waals surface area contributed by atoms with Crippen molar-refractivity contribution >= 4 is 21.4 Å². The minimum atomic E-state index is -3.57. The minimum Gasteiger partial charge on any atom is -0.207 e. The van der Waals surface area contributed by atoms with Crippen LogP contribution in [-0.2, 0) is 16.4 Å². The van der Waals surface area contributed by atoms with E-state index in [2.05, 4.69) is 11.4 Å². The predicted octanol–water partition coefficient (Wildman–Crippen LogP) is 4.70. The SMILES string of the molecule is Cc1ccc([C@H]2c3ccsc3CCN2S(=O)(=O)c2ccc(C)cc2)cc1. The van der Waals surface area contributed by atoms with Gasteiger partial charge in [0.15, 0.2) is 0 Å². The number of nitrogens with zero attached hydrogens (tertiary/aromatic N) is 1. The molecule has 1 aliphatic heterocycles. The Bertz CT molecular complexity index is 1020. The highest BCUT2D eigenvalue weighted by molar-refractivity contribution is 7.89. The first-order valence-electron chi connectivity index (χ1n) is 8.68. The second kappa shape index (κ2) is 6.65. The van der Waals surface area contributed by atoms with E-state index in [0.29, 0.717) is 11.4 Å². The van der Waals surface area contributed by atoms with E-state index in [1.807, 2.05) is 50.2 Å². The average Bonchev–Trinajstić information content (AvgIpc) is 3.11. The molecule has 0 bridgehead atoms. The number of hydrogen-bond acceptors (Lipinski definition) is 3. The number of aryl methyl sites for hydroxylation is 2. The summed E-state index contributed by atoms with van der Waals surface area (Å²) >= 11 is 1.72. The molecule has 1 atom stereocenters. The lowest BCUT2D eigenvalue weighted by molar-refractivity contribution is 0.347. The van der Waals surface area contributed by atoms with Crippen LogP contribution >= 0.6 is 11.3 Å². The zero-order valence-corrected chi connectivity index (χ0v) is 16.5. The van der Waals surface area contributed by atoms with Crippen molar-refractivity contribution in [3.8, 4) is 0 Å². The predicted molar refractivity (Wildman–Crippen MR) is 106 cm³/mol. The Hall–Kier alpha value is -1.95. The van der Waals surface area contributed by atoms with E-state index in [1.165, 1.54) is 10.4 Å². The third-order valence-corrected chi connectivity index (χ3v) is 7.82. The molecule has 0 amide bonds. The fourth-order valence-corrected chi connectivity index (χ4v) is 5.99. The van der Waals surface area contributed by atoms with Gasteiger partial charge in [0.05, 0.1) is 10.9 Å². The van der Waals surface area contributed by atoms with Crippen LogP contribution in [0.5, 0.6) is 0 Å². The van der Waals surface area contributed by atoms with Crippen molar-refractivity contribution in [2.24, 2.45) is 0 Å². The second-order valence-electron chi connectivity index (χ2n) is 6.79. The van der Waals surface area contributed by atoms with Crippen LogP contribution in [0.4, 0.5) is 0 Å². The number of rotatable bonds is 3. The second-order valence-corrected chi connectivity index (χ2v) is 9.68. The fourth-order valence-electron chi connectivity index (χ4n) is 3.49. The Morgan fingerprint density at radius 2 is 1.54 bits per heavy atom. The summed E-state index contributed by atoms with van der Waals surface area (Å²) in [6.45, 7) is 4.51. The van der Waals surface area contributed by atoms with E-state index in [9.17, 15) is 8.42 Å². The van der Waals surface area contributed by atoms with E-state index in [0.717, 1.165) is 23.1 Å². The van der Waals surface area contributed by atoms with Crippen LogP contribution in [-0.4, -0.2) is 19.3 Å². The topological polar surface area (TPSA) is 37.4 Å². The summed E-state index contributed by atoms with van der Waals surface area (Å²) in [6.07, 6.45) is 0.764. The number of sulfonamides is 1. The molecule has 0 fully saturated rings. The Labute approximate surface area is 159 Å². The Morgan fingerprint density at radius 3 is 2.19 bits per heavy atom. The molecule has 0 unspecified atom stereocenters. The fraction of sp³-hybridized carbons (Fsp3) is 0.238. The van der Waals surface area contributed by atoms with Crippen LogP contribution in [0.1, 0.15) is 33.2 Å². The van der Waals surface area contributed by atoms with Gasteiger partial charge in [0, 0.05) is 11.4 Å². The van der Waals surface area contributed by atoms with Crippen LogP contribution in [0, 0.1) is 13.8 Å². The molecule has 4 rings (SSSR count). The molecule has 0 radical (unpaired) electrons. The van der Waals surface area contributed by atoms with Crippen LogP contribution in [0.15, 0.2) is 64.9 Å². The summed E-state index contributed by atoms with van der Waals surface area (Å²) in [5, 5.41) is 2.06. The molecule has 2 heterocycles. The van der Waals surface area contributed by atoms with Crippen molar-refractivity contribution in [1.82, 2.24) is 4.31 Å². The molecular formula is C21H21NO2S2. The largest absolute Gasteiger partial charge is 0.243 e. The summed E-state index contributed by atoms with van der Waals surface area (Å²) in [7, 11) is -3.57. The molecule has 26 heavy (non-hydrogen) atoms. The Morgan fingerprint density at radius 1 is 0.923 bits per heavy atom. The zero-order valence-electron chi connectivity index (χ0n) is 14.8. The van der Waals surface area contributed by atoms with Crippen LogP contribution in [0.3, 0.4) is 0 Å². The third kappa shape index (κ3) is 3.00. The third-order valence-electron chi connectivity index (χ3n) is 4.94. The maximum atomic E-state index is 13.4. The van der Waals surface area contributed by atoms with Crippen molar-refractivity contribution in [1.29, 1.82) is 0 Å². The Kier molecular flexibility index (Phi) is 4.47. The molecule has 134 valence electrons. The first-order valence-corrected chi connectivity index (χ1v) is 11.0. The zero-order chi connectivity index (χ0) is 18.3. The van der Waals surface area contributed by atoms with Crippen molar-refractivity contribution in [2.45, 2.75) is 31.2 Å². The summed E-state index contributed by atoms with van der Waals surface area (Å²) < 4.78 is 28.5. The highest BCUT2D eigenvalue weighted by atomic mass is 32.2. The lowest BCUT2D eigenvalue weighted by Crippen LogP contribution is -2.40. The molecule has 1 aliphatic rings. The maximum Gasteiger partial charge on any atom is 0.243 e. The number of thiophene rings is 1. The normalized spacial score (nSPS) is 17.8. The average molecular weight is 384 g/mol. The van der Waals surface area contributed by atoms with Gasteiger partial charge in [-0.2, -0.15) is 4.31 Å². The smallest absolute Gasteiger partial charge is 0.207 e. The molecule has 0 saturated heterocycles. The lowest BCUT2D eigenvalue weighted by Gasteiger charge is -2.35. The Balaban J connectivity index is 1.83. The van der Waals surface area contributed by atoms with Gasteiger partial charge in [0.2, 0.25) is 10.0 Å². The van der Waals surface area contributed by atoms with Gasteiger partial charge >= 0.3 is 0 Å². The first-order chi connectivity index (χ1) is 12.5. The molecule has 2 aromatic carbocycles. The summed E-state index contributed by atoms with van der Waals surface area (Å²) in [5.74, 6) is 0. The summed E-state index contributed by atoms with van der Waals surface area (Å²) in [4.78, 5) is 1.64. The number of fused-ring (bicyclic) bond motifs is 1. The summed E-state index contributed by atoms with van der Waals surface area (Å²) in [5.41, 5.74) is 4.35. The van der Waals surface area contributed by atoms with Crippen LogP contribution in [0.2, 0.25) is 0 Å². The maximum absolute atomic E-state index is 13.4. The monoisotopic (exact) mass is 383 g/mol. The molecule has 0 spiro atoms. The molecule has 1 aromatic heterocycles. The van der Waals surface area contributed by atoms with E-state index in [1.54, 1.807) is 27.8 Å². The van der Waals surface area contributed by atoms with E-state index in [4.69, 9.17) is 0 Å². The van der Waals surface area contributed by atoms with Gasteiger partial charge in [-0.15, -0.1) is 11.3 Å². The molecule has 3 aromatic rings. The summed E-state index contributed by atoms with van der Waals surface area (Å²) in [6, 6.07) is 17.1. The van der Waals surface area contributed by atoms with Gasteiger partial charge in [-0.1, -0.05) is 47.5 Å². The van der Waals surface area contributed by atoms with Gasteiger partial charge in [-0.25, -0.2) is 8.42 Å². The molecule has 5 heteroatoms. The molecule has 0 aliphatic carbocycles. The first kappa shape index (κ1) is 17.5. The standard InChI is InChI=1S/C21H21NO2S2/c1-15-3-7-17(8-4-15)21-19-12-14-25-20(19)11-13-22(21)26(23,24)18-9-5-16(2)6-10-18/h3-10,12,14,21H,11,13H2,1-2H3/t21-/m0/s1. The molecular weight excluding hydrogens is 362 g/mol. The van der Waals surface area contributed by atoms with Crippen molar-refractivity contribution in [3.05, 3.63) is 87.1 Å². The molecule has 0 N–H and O–H groups in total. The van der Waals surface area contributed by atoms with Gasteiger partial charge in [-0.05, 0) is 55.0 Å². The van der Waals surface area contributed by atoms with Gasteiger partial charge in [0.25, 0.3) is 0 Å². The van der Waals surface area contributed by atoms with Crippen LogP contribution < -0.4 is 0 Å². The lowest BCUT2D eigenvalue weighted by atomic mass is 9.95. The quantitative estimate of drug-likeness (QED) is 0.657. The highest BCUT2D eigenvalue weighted by Crippen LogP contribution is 2.40. The highest BCUT2D eigenvalue weighted by Gasteiger charge is 2.37.